The largest absolute Gasteiger partial charge is 0.384 e. The van der Waals surface area contributed by atoms with Crippen LogP contribution in [0.1, 0.15) is 29.6 Å². The van der Waals surface area contributed by atoms with E-state index < -0.39 is 0 Å². The Morgan fingerprint density at radius 3 is 2.86 bits per heavy atom. The number of carbonyl (C=O) groups is 1. The fourth-order valence-corrected chi connectivity index (χ4v) is 3.84. The Morgan fingerprint density at radius 2 is 2.23 bits per heavy atom. The minimum atomic E-state index is 0.0956. The summed E-state index contributed by atoms with van der Waals surface area (Å²) in [6.07, 6.45) is 6.59. The summed E-state index contributed by atoms with van der Waals surface area (Å²) < 4.78 is 12.7. The Labute approximate surface area is 131 Å². The lowest BCUT2D eigenvalue weighted by Gasteiger charge is -2.48. The fraction of sp³-hybridized carbons (Fsp3) is 0.750. The van der Waals surface area contributed by atoms with E-state index in [9.17, 15) is 4.79 Å². The van der Waals surface area contributed by atoms with Gasteiger partial charge in [-0.15, -0.1) is 0 Å². The predicted molar refractivity (Wildman–Crippen MR) is 81.6 cm³/mol. The quantitative estimate of drug-likeness (QED) is 0.845. The van der Waals surface area contributed by atoms with Crippen LogP contribution in [0, 0.1) is 11.3 Å². The number of hydrogen-bond acceptors (Lipinski definition) is 4. The van der Waals surface area contributed by atoms with Gasteiger partial charge in [-0.1, -0.05) is 0 Å². The van der Waals surface area contributed by atoms with Crippen molar-refractivity contribution < 1.29 is 14.3 Å². The molecule has 1 unspecified atom stereocenters. The number of likely N-dealkylation sites (tertiary alicyclic amines) is 1. The van der Waals surface area contributed by atoms with Gasteiger partial charge in [0, 0.05) is 46.0 Å². The third-order valence-corrected chi connectivity index (χ3v) is 5.30. The molecule has 6 heteroatoms. The third kappa shape index (κ3) is 2.90. The molecule has 6 nitrogen and oxygen atoms in total. The van der Waals surface area contributed by atoms with Crippen LogP contribution in [0.4, 0.5) is 0 Å². The molecule has 1 spiro atoms. The first-order valence-electron chi connectivity index (χ1n) is 7.99. The van der Waals surface area contributed by atoms with Gasteiger partial charge >= 0.3 is 0 Å². The molecule has 0 N–H and O–H groups in total. The summed E-state index contributed by atoms with van der Waals surface area (Å²) >= 11 is 0. The van der Waals surface area contributed by atoms with E-state index in [4.69, 9.17) is 9.47 Å². The maximum Gasteiger partial charge on any atom is 0.257 e. The summed E-state index contributed by atoms with van der Waals surface area (Å²) in [6, 6.07) is 0. The molecule has 1 atom stereocenters. The molecule has 3 heterocycles. The van der Waals surface area contributed by atoms with Crippen molar-refractivity contribution in [2.45, 2.75) is 19.3 Å². The van der Waals surface area contributed by atoms with E-state index in [1.54, 1.807) is 24.2 Å². The first-order valence-corrected chi connectivity index (χ1v) is 7.99. The Hall–Kier alpha value is -1.40. The van der Waals surface area contributed by atoms with Crippen molar-refractivity contribution in [3.63, 3.8) is 0 Å². The summed E-state index contributed by atoms with van der Waals surface area (Å²) in [4.78, 5) is 14.5. The maximum absolute atomic E-state index is 12.5. The van der Waals surface area contributed by atoms with Gasteiger partial charge in [0.15, 0.2) is 0 Å². The van der Waals surface area contributed by atoms with Crippen LogP contribution in [-0.4, -0.2) is 60.6 Å². The first-order chi connectivity index (χ1) is 10.6. The number of amides is 1. The molecule has 2 fully saturated rings. The van der Waals surface area contributed by atoms with Crippen LogP contribution in [0.3, 0.4) is 0 Å². The molecule has 122 valence electrons. The zero-order chi connectivity index (χ0) is 15.6. The normalized spacial score (nSPS) is 24.6. The molecule has 0 bridgehead atoms. The molecule has 1 aromatic heterocycles. The molecule has 1 amide bonds. The highest BCUT2D eigenvalue weighted by Gasteiger charge is 2.44. The van der Waals surface area contributed by atoms with E-state index in [1.807, 2.05) is 11.9 Å². The second-order valence-corrected chi connectivity index (χ2v) is 6.53. The summed E-state index contributed by atoms with van der Waals surface area (Å²) in [6.45, 7) is 3.99. The monoisotopic (exact) mass is 307 g/mol. The number of piperidine rings is 1. The van der Waals surface area contributed by atoms with Gasteiger partial charge in [0.25, 0.3) is 5.91 Å². The number of aryl methyl sites for hydroxylation is 1. The van der Waals surface area contributed by atoms with Gasteiger partial charge in [0.05, 0.1) is 25.0 Å². The molecule has 0 aliphatic carbocycles. The Morgan fingerprint density at radius 1 is 1.45 bits per heavy atom. The highest BCUT2D eigenvalue weighted by molar-refractivity contribution is 5.93. The molecule has 0 radical (unpaired) electrons. The Bertz CT molecular complexity index is 518. The zero-order valence-electron chi connectivity index (χ0n) is 13.5. The predicted octanol–water partition coefficient (Wildman–Crippen LogP) is 1.33. The number of rotatable bonds is 3. The van der Waals surface area contributed by atoms with E-state index in [0.717, 1.165) is 52.2 Å². The van der Waals surface area contributed by atoms with Gasteiger partial charge in [-0.05, 0) is 24.7 Å². The van der Waals surface area contributed by atoms with Crippen molar-refractivity contribution in [2.75, 3.05) is 40.0 Å². The van der Waals surface area contributed by atoms with Crippen LogP contribution < -0.4 is 0 Å². The van der Waals surface area contributed by atoms with E-state index in [0.29, 0.717) is 11.5 Å². The van der Waals surface area contributed by atoms with Gasteiger partial charge in [0.2, 0.25) is 0 Å². The SMILES string of the molecule is COCC1COCCC12CCN(C(=O)c1cnn(C)c1)CC2. The number of aromatic nitrogens is 2. The average molecular weight is 307 g/mol. The second kappa shape index (κ2) is 6.38. The number of carbonyl (C=O) groups excluding carboxylic acids is 1. The van der Waals surface area contributed by atoms with Crippen LogP contribution in [0.5, 0.6) is 0 Å². The molecular formula is C16H25N3O3. The maximum atomic E-state index is 12.5. The lowest BCUT2D eigenvalue weighted by molar-refractivity contribution is -0.0912. The van der Waals surface area contributed by atoms with Crippen molar-refractivity contribution >= 4 is 5.91 Å². The molecule has 22 heavy (non-hydrogen) atoms. The zero-order valence-corrected chi connectivity index (χ0v) is 13.5. The molecule has 2 aliphatic heterocycles. The van der Waals surface area contributed by atoms with Crippen molar-refractivity contribution in [2.24, 2.45) is 18.4 Å². The van der Waals surface area contributed by atoms with Crippen molar-refractivity contribution in [1.29, 1.82) is 0 Å². The topological polar surface area (TPSA) is 56.6 Å². The summed E-state index contributed by atoms with van der Waals surface area (Å²) in [7, 11) is 3.59. The minimum absolute atomic E-state index is 0.0956. The van der Waals surface area contributed by atoms with Gasteiger partial charge in [-0.2, -0.15) is 5.10 Å². The highest BCUT2D eigenvalue weighted by atomic mass is 16.5. The van der Waals surface area contributed by atoms with Crippen molar-refractivity contribution in [3.05, 3.63) is 18.0 Å². The molecule has 3 rings (SSSR count). The van der Waals surface area contributed by atoms with Crippen LogP contribution in [0.15, 0.2) is 12.4 Å². The van der Waals surface area contributed by atoms with Gasteiger partial charge in [-0.25, -0.2) is 0 Å². The Kier molecular flexibility index (Phi) is 4.49. The molecule has 2 aliphatic rings. The van der Waals surface area contributed by atoms with Gasteiger partial charge < -0.3 is 14.4 Å². The van der Waals surface area contributed by atoms with E-state index >= 15 is 0 Å². The van der Waals surface area contributed by atoms with Crippen LogP contribution in [0.25, 0.3) is 0 Å². The van der Waals surface area contributed by atoms with Crippen molar-refractivity contribution in [1.82, 2.24) is 14.7 Å². The third-order valence-electron chi connectivity index (χ3n) is 5.30. The van der Waals surface area contributed by atoms with Gasteiger partial charge in [0.1, 0.15) is 0 Å². The van der Waals surface area contributed by atoms with Gasteiger partial charge in [-0.3, -0.25) is 9.48 Å². The average Bonchev–Trinajstić information content (AvgIpc) is 2.97. The van der Waals surface area contributed by atoms with Crippen molar-refractivity contribution in [3.8, 4) is 0 Å². The highest BCUT2D eigenvalue weighted by Crippen LogP contribution is 2.44. The molecule has 0 aromatic carbocycles. The standard InChI is InChI=1S/C16H25N3O3/c1-18-10-13(9-17-18)15(20)19-6-3-16(4-7-19)5-8-22-12-14(16)11-21-2/h9-10,14H,3-8,11-12H2,1-2H3. The summed E-state index contributed by atoms with van der Waals surface area (Å²) in [5.74, 6) is 0.542. The lowest BCUT2D eigenvalue weighted by atomic mass is 9.66. The minimum Gasteiger partial charge on any atom is -0.384 e. The summed E-state index contributed by atoms with van der Waals surface area (Å²) in [5, 5.41) is 4.09. The Balaban J connectivity index is 1.65. The van der Waals surface area contributed by atoms with E-state index in [1.165, 1.54) is 0 Å². The van der Waals surface area contributed by atoms with E-state index in [2.05, 4.69) is 5.10 Å². The van der Waals surface area contributed by atoms with Crippen LogP contribution in [-0.2, 0) is 16.5 Å². The number of ether oxygens (including phenoxy) is 2. The number of nitrogens with zero attached hydrogens (tertiary/aromatic N) is 3. The molecule has 1 aromatic rings. The van der Waals surface area contributed by atoms with Crippen LogP contribution >= 0.6 is 0 Å². The van der Waals surface area contributed by atoms with E-state index in [-0.39, 0.29) is 11.3 Å². The first kappa shape index (κ1) is 15.5. The van der Waals surface area contributed by atoms with Crippen LogP contribution in [0.2, 0.25) is 0 Å². The second-order valence-electron chi connectivity index (χ2n) is 6.53. The fourth-order valence-electron chi connectivity index (χ4n) is 3.84. The number of methoxy groups -OCH3 is 1. The molecular weight excluding hydrogens is 282 g/mol. The smallest absolute Gasteiger partial charge is 0.257 e. The number of hydrogen-bond donors (Lipinski definition) is 0. The lowest BCUT2D eigenvalue weighted by Crippen LogP contribution is -2.50. The molecule has 0 saturated carbocycles. The molecule has 2 saturated heterocycles. The summed E-state index contributed by atoms with van der Waals surface area (Å²) in [5.41, 5.74) is 0.957.